The molecule has 24 heavy (non-hydrogen) atoms. The Morgan fingerprint density at radius 3 is 2.58 bits per heavy atom. The summed E-state index contributed by atoms with van der Waals surface area (Å²) >= 11 is 5.76. The van der Waals surface area contributed by atoms with E-state index in [1.165, 1.54) is 18.2 Å². The molecule has 0 atom stereocenters. The molecule has 1 fully saturated rings. The number of carbonyl (C=O) groups excluding carboxylic acids is 1. The molecule has 1 aliphatic heterocycles. The number of hydrogen-bond donors (Lipinski definition) is 1. The molecule has 1 saturated heterocycles. The number of carbonyl (C=O) groups is 1. The van der Waals surface area contributed by atoms with Crippen molar-refractivity contribution >= 4 is 23.6 Å². The van der Waals surface area contributed by atoms with Crippen molar-refractivity contribution in [2.75, 3.05) is 6.54 Å². The van der Waals surface area contributed by atoms with E-state index in [0.717, 1.165) is 19.4 Å². The minimum atomic E-state index is -0.433. The molecule has 0 unspecified atom stereocenters. The molecule has 5 heteroatoms. The zero-order valence-corrected chi connectivity index (χ0v) is 15.5. The number of hydrogen-bond acceptors (Lipinski definition) is 2. The van der Waals surface area contributed by atoms with Crippen molar-refractivity contribution in [3.8, 4) is 0 Å². The van der Waals surface area contributed by atoms with Crippen LogP contribution in [0.15, 0.2) is 24.3 Å². The minimum Gasteiger partial charge on any atom is -0.268 e. The van der Waals surface area contributed by atoms with Gasteiger partial charge < -0.3 is 0 Å². The molecule has 1 amide bonds. The van der Waals surface area contributed by atoms with Crippen LogP contribution in [-0.2, 0) is 4.79 Å². The zero-order chi connectivity index (χ0) is 17.9. The molecule has 1 aromatic rings. The van der Waals surface area contributed by atoms with Gasteiger partial charge in [-0.3, -0.25) is 9.80 Å². The van der Waals surface area contributed by atoms with Gasteiger partial charge in [-0.05, 0) is 42.9 Å². The standard InChI is InChI=1S/C19H26ClFN2O/c1-13(2)19(14(3)4)10-5-11-22-23(19)18(24)9-7-15-6-8-16(20)12-17(15)21/h6-9,12-14,22H,5,10-11H2,1-4H3/b9-7+. The van der Waals surface area contributed by atoms with Gasteiger partial charge >= 0.3 is 0 Å². The van der Waals surface area contributed by atoms with Crippen LogP contribution in [0.2, 0.25) is 5.02 Å². The fourth-order valence-corrected chi connectivity index (χ4v) is 3.90. The van der Waals surface area contributed by atoms with E-state index in [0.29, 0.717) is 22.4 Å². The number of nitrogens with zero attached hydrogens (tertiary/aromatic N) is 1. The Morgan fingerprint density at radius 1 is 1.33 bits per heavy atom. The van der Waals surface area contributed by atoms with Crippen molar-refractivity contribution in [3.05, 3.63) is 40.7 Å². The molecule has 1 heterocycles. The number of rotatable bonds is 4. The van der Waals surface area contributed by atoms with Crippen LogP contribution in [0, 0.1) is 17.7 Å². The maximum absolute atomic E-state index is 13.9. The average molecular weight is 353 g/mol. The normalized spacial score (nSPS) is 17.9. The maximum Gasteiger partial charge on any atom is 0.261 e. The highest BCUT2D eigenvalue weighted by Crippen LogP contribution is 2.38. The van der Waals surface area contributed by atoms with Gasteiger partial charge in [0, 0.05) is 23.2 Å². The maximum atomic E-state index is 13.9. The first-order valence-electron chi connectivity index (χ1n) is 8.50. The molecular weight excluding hydrogens is 327 g/mol. The molecule has 132 valence electrons. The SMILES string of the molecule is CC(C)C1(C(C)C)CCCNN1C(=O)/C=C/c1ccc(Cl)cc1F. The monoisotopic (exact) mass is 352 g/mol. The van der Waals surface area contributed by atoms with Crippen LogP contribution in [0.1, 0.15) is 46.1 Å². The van der Waals surface area contributed by atoms with Crippen LogP contribution < -0.4 is 5.43 Å². The van der Waals surface area contributed by atoms with Crippen LogP contribution in [-0.4, -0.2) is 23.0 Å². The molecule has 3 nitrogen and oxygen atoms in total. The Hall–Kier alpha value is -1.39. The number of hydrazine groups is 1. The Balaban J connectivity index is 2.27. The topological polar surface area (TPSA) is 32.3 Å². The van der Waals surface area contributed by atoms with E-state index in [9.17, 15) is 9.18 Å². The molecular formula is C19H26ClFN2O. The van der Waals surface area contributed by atoms with E-state index in [4.69, 9.17) is 11.6 Å². The van der Waals surface area contributed by atoms with E-state index in [1.54, 1.807) is 17.1 Å². The summed E-state index contributed by atoms with van der Waals surface area (Å²) in [5.74, 6) is 0.0495. The molecule has 0 saturated carbocycles. The smallest absolute Gasteiger partial charge is 0.261 e. The number of amides is 1. The van der Waals surface area contributed by atoms with Gasteiger partial charge in [0.05, 0.1) is 5.54 Å². The Morgan fingerprint density at radius 2 is 2.00 bits per heavy atom. The molecule has 0 radical (unpaired) electrons. The number of nitrogens with one attached hydrogen (secondary N) is 1. The van der Waals surface area contributed by atoms with Gasteiger partial charge in [0.1, 0.15) is 5.82 Å². The molecule has 1 N–H and O–H groups in total. The lowest BCUT2D eigenvalue weighted by molar-refractivity contribution is -0.148. The van der Waals surface area contributed by atoms with Crippen molar-refractivity contribution in [1.82, 2.24) is 10.4 Å². The lowest BCUT2D eigenvalue weighted by Gasteiger charge is -2.52. The predicted octanol–water partition coefficient (Wildman–Crippen LogP) is 4.67. The van der Waals surface area contributed by atoms with E-state index in [2.05, 4.69) is 33.1 Å². The first kappa shape index (κ1) is 18.9. The van der Waals surface area contributed by atoms with Crippen molar-refractivity contribution in [2.45, 2.75) is 46.1 Å². The highest BCUT2D eigenvalue weighted by atomic mass is 35.5. The summed E-state index contributed by atoms with van der Waals surface area (Å²) in [4.78, 5) is 12.8. The third-order valence-corrected chi connectivity index (χ3v) is 5.26. The van der Waals surface area contributed by atoms with Crippen LogP contribution in [0.4, 0.5) is 4.39 Å². The number of benzene rings is 1. The average Bonchev–Trinajstić information content (AvgIpc) is 2.53. The fourth-order valence-electron chi connectivity index (χ4n) is 3.74. The van der Waals surface area contributed by atoms with Crippen molar-refractivity contribution in [1.29, 1.82) is 0 Å². The molecule has 0 aromatic heterocycles. The largest absolute Gasteiger partial charge is 0.268 e. The lowest BCUT2D eigenvalue weighted by Crippen LogP contribution is -2.66. The van der Waals surface area contributed by atoms with Crippen molar-refractivity contribution in [2.24, 2.45) is 11.8 Å². The summed E-state index contributed by atoms with van der Waals surface area (Å²) in [5.41, 5.74) is 3.36. The molecule has 1 aliphatic rings. The third-order valence-electron chi connectivity index (χ3n) is 5.03. The first-order chi connectivity index (χ1) is 11.3. The van der Waals surface area contributed by atoms with Crippen LogP contribution in [0.25, 0.3) is 6.08 Å². The zero-order valence-electron chi connectivity index (χ0n) is 14.8. The fraction of sp³-hybridized carbons (Fsp3) is 0.526. The number of halogens is 2. The minimum absolute atomic E-state index is 0.147. The molecule has 2 rings (SSSR count). The Kier molecular flexibility index (Phi) is 6.05. The van der Waals surface area contributed by atoms with Gasteiger partial charge in [-0.2, -0.15) is 0 Å². The molecule has 0 aliphatic carbocycles. The molecule has 0 spiro atoms. The quantitative estimate of drug-likeness (QED) is 0.798. The van der Waals surface area contributed by atoms with E-state index in [1.807, 2.05) is 0 Å². The van der Waals surface area contributed by atoms with Crippen molar-refractivity contribution in [3.63, 3.8) is 0 Å². The van der Waals surface area contributed by atoms with Gasteiger partial charge in [-0.15, -0.1) is 0 Å². The van der Waals surface area contributed by atoms with Crippen LogP contribution >= 0.6 is 11.6 Å². The summed E-state index contributed by atoms with van der Waals surface area (Å²) in [6.45, 7) is 9.37. The second-order valence-corrected chi connectivity index (χ2v) is 7.42. The first-order valence-corrected chi connectivity index (χ1v) is 8.87. The van der Waals surface area contributed by atoms with Crippen LogP contribution in [0.5, 0.6) is 0 Å². The Bertz CT molecular complexity index is 620. The lowest BCUT2D eigenvalue weighted by atomic mass is 9.72. The summed E-state index contributed by atoms with van der Waals surface area (Å²) in [6, 6.07) is 4.43. The highest BCUT2D eigenvalue weighted by Gasteiger charge is 2.46. The Labute approximate surface area is 148 Å². The summed E-state index contributed by atoms with van der Waals surface area (Å²) < 4.78 is 13.9. The van der Waals surface area contributed by atoms with Crippen LogP contribution in [0.3, 0.4) is 0 Å². The second-order valence-electron chi connectivity index (χ2n) is 6.99. The van der Waals surface area contributed by atoms with Crippen molar-refractivity contribution < 1.29 is 9.18 Å². The third kappa shape index (κ3) is 3.65. The summed E-state index contributed by atoms with van der Waals surface area (Å²) in [5, 5.41) is 2.10. The van der Waals surface area contributed by atoms with Gasteiger partial charge in [-0.25, -0.2) is 9.82 Å². The van der Waals surface area contributed by atoms with Gasteiger partial charge in [0.25, 0.3) is 5.91 Å². The van der Waals surface area contributed by atoms with E-state index in [-0.39, 0.29) is 11.4 Å². The second kappa shape index (κ2) is 7.66. The van der Waals surface area contributed by atoms with Gasteiger partial charge in [0.2, 0.25) is 0 Å². The van der Waals surface area contributed by atoms with E-state index < -0.39 is 5.82 Å². The van der Waals surface area contributed by atoms with Gasteiger partial charge in [-0.1, -0.05) is 45.4 Å². The molecule has 1 aromatic carbocycles. The van der Waals surface area contributed by atoms with E-state index >= 15 is 0 Å². The van der Waals surface area contributed by atoms with Gasteiger partial charge in [0.15, 0.2) is 0 Å². The molecule has 0 bridgehead atoms. The predicted molar refractivity (Wildman–Crippen MR) is 96.9 cm³/mol. The summed E-state index contributed by atoms with van der Waals surface area (Å²) in [6.07, 6.45) is 4.94. The summed E-state index contributed by atoms with van der Waals surface area (Å²) in [7, 11) is 0. The highest BCUT2D eigenvalue weighted by molar-refractivity contribution is 6.30.